The van der Waals surface area contributed by atoms with E-state index in [4.69, 9.17) is 9.47 Å². The van der Waals surface area contributed by atoms with Crippen LogP contribution in [0.1, 0.15) is 34.3 Å². The number of fused-ring (bicyclic) bond motifs is 2. The molecular weight excluding hydrogens is 337 g/mol. The molecule has 2 aromatic carbocycles. The number of ketones is 1. The van der Waals surface area contributed by atoms with Crippen molar-refractivity contribution < 1.29 is 23.5 Å². The van der Waals surface area contributed by atoms with Gasteiger partial charge in [0.25, 0.3) is 0 Å². The van der Waals surface area contributed by atoms with E-state index in [0.717, 1.165) is 17.7 Å². The van der Waals surface area contributed by atoms with Crippen molar-refractivity contribution in [3.8, 4) is 11.5 Å². The summed E-state index contributed by atoms with van der Waals surface area (Å²) in [5.41, 5.74) is 2.65. The first-order valence-corrected chi connectivity index (χ1v) is 8.58. The Hall–Kier alpha value is -2.89. The third-order valence-corrected chi connectivity index (χ3v) is 4.79. The zero-order chi connectivity index (χ0) is 18.1. The monoisotopic (exact) mass is 355 g/mol. The second kappa shape index (κ2) is 6.78. The molecule has 0 radical (unpaired) electrons. The Labute approximate surface area is 150 Å². The van der Waals surface area contributed by atoms with Crippen LogP contribution < -0.4 is 9.47 Å². The summed E-state index contributed by atoms with van der Waals surface area (Å²) >= 11 is 0. The molecule has 0 fully saturated rings. The highest BCUT2D eigenvalue weighted by Crippen LogP contribution is 2.36. The first kappa shape index (κ1) is 16.6. The van der Waals surface area contributed by atoms with Crippen molar-refractivity contribution in [3.05, 3.63) is 58.9 Å². The minimum Gasteiger partial charge on any atom is -0.454 e. The van der Waals surface area contributed by atoms with E-state index in [1.807, 2.05) is 12.1 Å². The Morgan fingerprint density at radius 1 is 1.00 bits per heavy atom. The average molecular weight is 355 g/mol. The lowest BCUT2D eigenvalue weighted by atomic mass is 9.98. The first-order valence-electron chi connectivity index (χ1n) is 8.58. The molecule has 2 heterocycles. The molecule has 0 saturated heterocycles. The molecule has 5 nitrogen and oxygen atoms in total. The lowest BCUT2D eigenvalue weighted by molar-refractivity contribution is -0.132. The zero-order valence-electron chi connectivity index (χ0n) is 14.2. The number of hydrogen-bond acceptors (Lipinski definition) is 4. The number of ether oxygens (including phenoxy) is 2. The van der Waals surface area contributed by atoms with Gasteiger partial charge in [0.15, 0.2) is 17.3 Å². The molecule has 0 aromatic heterocycles. The number of carbonyl (C=O) groups is 2. The predicted molar refractivity (Wildman–Crippen MR) is 91.7 cm³/mol. The maximum Gasteiger partial charge on any atom is 0.231 e. The smallest absolute Gasteiger partial charge is 0.231 e. The van der Waals surface area contributed by atoms with Gasteiger partial charge in [-0.25, -0.2) is 4.39 Å². The quantitative estimate of drug-likeness (QED) is 0.791. The van der Waals surface area contributed by atoms with Crippen LogP contribution in [0.25, 0.3) is 0 Å². The average Bonchev–Trinajstić information content (AvgIpc) is 3.11. The van der Waals surface area contributed by atoms with Gasteiger partial charge in [0.2, 0.25) is 12.7 Å². The summed E-state index contributed by atoms with van der Waals surface area (Å²) < 4.78 is 23.7. The molecule has 0 spiro atoms. The number of hydrogen-bond donors (Lipinski definition) is 0. The number of halogens is 1. The van der Waals surface area contributed by atoms with Gasteiger partial charge in [0.1, 0.15) is 5.82 Å². The van der Waals surface area contributed by atoms with Crippen molar-refractivity contribution in [2.24, 2.45) is 0 Å². The summed E-state index contributed by atoms with van der Waals surface area (Å²) in [6.45, 7) is 1.36. The Balaban J connectivity index is 1.37. The second-order valence-electron chi connectivity index (χ2n) is 6.47. The van der Waals surface area contributed by atoms with Gasteiger partial charge in [0, 0.05) is 31.5 Å². The van der Waals surface area contributed by atoms with Crippen LogP contribution in [0.15, 0.2) is 36.4 Å². The van der Waals surface area contributed by atoms with Crippen LogP contribution >= 0.6 is 0 Å². The molecule has 0 N–H and O–H groups in total. The number of carbonyl (C=O) groups excluding carboxylic acids is 2. The third kappa shape index (κ3) is 3.27. The SMILES string of the molecule is O=C(CCC(=O)N1CCc2cc3c(cc2C1)OCO3)c1ccc(F)cc1. The molecule has 4 rings (SSSR count). The molecule has 0 unspecified atom stereocenters. The second-order valence-corrected chi connectivity index (χ2v) is 6.47. The van der Waals surface area contributed by atoms with Crippen molar-refractivity contribution >= 4 is 11.7 Å². The Morgan fingerprint density at radius 3 is 2.42 bits per heavy atom. The maximum atomic E-state index is 12.9. The summed E-state index contributed by atoms with van der Waals surface area (Å²) in [5.74, 6) is 0.881. The van der Waals surface area contributed by atoms with Crippen LogP contribution in [0.2, 0.25) is 0 Å². The zero-order valence-corrected chi connectivity index (χ0v) is 14.2. The van der Waals surface area contributed by atoms with Crippen molar-refractivity contribution in [1.29, 1.82) is 0 Å². The summed E-state index contributed by atoms with van der Waals surface area (Å²) in [7, 11) is 0. The van der Waals surface area contributed by atoms with E-state index in [-0.39, 0.29) is 37.1 Å². The summed E-state index contributed by atoms with van der Waals surface area (Å²) in [6, 6.07) is 9.31. The summed E-state index contributed by atoms with van der Waals surface area (Å²) in [4.78, 5) is 26.4. The van der Waals surface area contributed by atoms with E-state index in [0.29, 0.717) is 24.4 Å². The fourth-order valence-electron chi connectivity index (χ4n) is 3.32. The van der Waals surface area contributed by atoms with Crippen LogP contribution in [-0.4, -0.2) is 29.9 Å². The van der Waals surface area contributed by atoms with E-state index in [2.05, 4.69) is 0 Å². The van der Waals surface area contributed by atoms with Crippen LogP contribution in [0.4, 0.5) is 4.39 Å². The first-order chi connectivity index (χ1) is 12.6. The van der Waals surface area contributed by atoms with Gasteiger partial charge in [-0.15, -0.1) is 0 Å². The normalized spacial score (nSPS) is 14.9. The molecule has 0 atom stereocenters. The summed E-state index contributed by atoms with van der Waals surface area (Å²) in [6.07, 6.45) is 1.02. The fraction of sp³-hybridized carbons (Fsp3) is 0.300. The highest BCUT2D eigenvalue weighted by atomic mass is 19.1. The molecule has 0 bridgehead atoms. The highest BCUT2D eigenvalue weighted by molar-refractivity contribution is 5.97. The molecule has 134 valence electrons. The molecule has 2 aliphatic rings. The van der Waals surface area contributed by atoms with E-state index in [1.54, 1.807) is 4.90 Å². The number of amides is 1. The van der Waals surface area contributed by atoms with Crippen molar-refractivity contribution in [2.45, 2.75) is 25.8 Å². The van der Waals surface area contributed by atoms with Crippen LogP contribution in [0.5, 0.6) is 11.5 Å². The van der Waals surface area contributed by atoms with Gasteiger partial charge >= 0.3 is 0 Å². The van der Waals surface area contributed by atoms with Gasteiger partial charge in [0.05, 0.1) is 0 Å². The van der Waals surface area contributed by atoms with E-state index < -0.39 is 0 Å². The minimum absolute atomic E-state index is 0.0521. The molecule has 0 saturated carbocycles. The standard InChI is InChI=1S/C20H18FNO4/c21-16-3-1-13(2-4-16)17(23)5-6-20(24)22-8-7-14-9-18-19(26-12-25-18)10-15(14)11-22/h1-4,9-10H,5-8,11-12H2. The van der Waals surface area contributed by atoms with Gasteiger partial charge in [-0.3, -0.25) is 9.59 Å². The van der Waals surface area contributed by atoms with E-state index in [1.165, 1.54) is 29.8 Å². The molecule has 26 heavy (non-hydrogen) atoms. The Kier molecular flexibility index (Phi) is 4.32. The number of rotatable bonds is 4. The highest BCUT2D eigenvalue weighted by Gasteiger charge is 2.25. The Bertz CT molecular complexity index is 863. The van der Waals surface area contributed by atoms with Crippen LogP contribution in [0, 0.1) is 5.82 Å². The largest absolute Gasteiger partial charge is 0.454 e. The van der Waals surface area contributed by atoms with Gasteiger partial charge in [-0.1, -0.05) is 0 Å². The molecule has 1 amide bonds. The number of nitrogens with zero attached hydrogens (tertiary/aromatic N) is 1. The third-order valence-electron chi connectivity index (χ3n) is 4.79. The maximum absolute atomic E-state index is 12.9. The lowest BCUT2D eigenvalue weighted by Gasteiger charge is -2.29. The van der Waals surface area contributed by atoms with E-state index in [9.17, 15) is 14.0 Å². The summed E-state index contributed by atoms with van der Waals surface area (Å²) in [5, 5.41) is 0. The fourth-order valence-corrected chi connectivity index (χ4v) is 3.32. The van der Waals surface area contributed by atoms with Gasteiger partial charge in [-0.05, 0) is 53.9 Å². The molecule has 6 heteroatoms. The molecular formula is C20H18FNO4. The van der Waals surface area contributed by atoms with Crippen molar-refractivity contribution in [1.82, 2.24) is 4.90 Å². The lowest BCUT2D eigenvalue weighted by Crippen LogP contribution is -2.36. The van der Waals surface area contributed by atoms with Crippen LogP contribution in [0.3, 0.4) is 0 Å². The van der Waals surface area contributed by atoms with Gasteiger partial charge < -0.3 is 14.4 Å². The predicted octanol–water partition coefficient (Wildman–Crippen LogP) is 3.10. The Morgan fingerprint density at radius 2 is 1.69 bits per heavy atom. The topological polar surface area (TPSA) is 55.8 Å². The molecule has 2 aromatic rings. The van der Waals surface area contributed by atoms with Crippen molar-refractivity contribution in [2.75, 3.05) is 13.3 Å². The number of benzene rings is 2. The van der Waals surface area contributed by atoms with Crippen LogP contribution in [-0.2, 0) is 17.8 Å². The minimum atomic E-state index is -0.384. The van der Waals surface area contributed by atoms with Gasteiger partial charge in [-0.2, -0.15) is 0 Å². The number of Topliss-reactive ketones (excluding diaryl/α,β-unsaturated/α-hetero) is 1. The molecule has 2 aliphatic heterocycles. The molecule has 0 aliphatic carbocycles. The van der Waals surface area contributed by atoms with E-state index >= 15 is 0 Å². The van der Waals surface area contributed by atoms with Crippen molar-refractivity contribution in [3.63, 3.8) is 0 Å².